The Labute approximate surface area is 182 Å². The van der Waals surface area contributed by atoms with Crippen molar-refractivity contribution < 1.29 is 9.53 Å². The maximum Gasteiger partial charge on any atom is 0.173 e. The highest BCUT2D eigenvalue weighted by Gasteiger charge is 2.10. The van der Waals surface area contributed by atoms with Gasteiger partial charge in [0, 0.05) is 21.5 Å². The first kappa shape index (κ1) is 19.7. The second-order valence-corrected chi connectivity index (χ2v) is 8.67. The smallest absolute Gasteiger partial charge is 0.173 e. The number of Topliss-reactive ketones (excluding diaryl/α,β-unsaturated/α-hetero) is 1. The summed E-state index contributed by atoms with van der Waals surface area (Å²) in [5.74, 6) is 1.87. The van der Waals surface area contributed by atoms with Crippen molar-refractivity contribution in [1.82, 2.24) is 4.98 Å². The van der Waals surface area contributed by atoms with Crippen LogP contribution in [0.2, 0.25) is 5.02 Å². The van der Waals surface area contributed by atoms with Crippen LogP contribution in [0.25, 0.3) is 11.3 Å². The van der Waals surface area contributed by atoms with E-state index in [9.17, 15) is 4.79 Å². The molecule has 0 saturated heterocycles. The fourth-order valence-electron chi connectivity index (χ4n) is 2.62. The fourth-order valence-corrected chi connectivity index (χ4v) is 4.48. The summed E-state index contributed by atoms with van der Waals surface area (Å²) in [7, 11) is 0. The van der Waals surface area contributed by atoms with Gasteiger partial charge in [-0.05, 0) is 48.5 Å². The molecule has 3 nitrogen and oxygen atoms in total. The molecule has 6 heteroatoms. The second-order valence-electron chi connectivity index (χ2n) is 6.16. The largest absolute Gasteiger partial charge is 0.457 e. The zero-order chi connectivity index (χ0) is 20.1. The van der Waals surface area contributed by atoms with Gasteiger partial charge < -0.3 is 4.74 Å². The second kappa shape index (κ2) is 9.27. The number of hydrogen-bond acceptors (Lipinski definition) is 5. The van der Waals surface area contributed by atoms with Crippen molar-refractivity contribution in [3.63, 3.8) is 0 Å². The van der Waals surface area contributed by atoms with Crippen molar-refractivity contribution in [3.8, 4) is 22.8 Å². The Kier molecular flexibility index (Phi) is 6.30. The molecule has 3 aromatic carbocycles. The van der Waals surface area contributed by atoms with Gasteiger partial charge in [-0.3, -0.25) is 4.79 Å². The van der Waals surface area contributed by atoms with Crippen LogP contribution in [0.4, 0.5) is 0 Å². The number of para-hydroxylation sites is 1. The lowest BCUT2D eigenvalue weighted by molar-refractivity contribution is 0.102. The van der Waals surface area contributed by atoms with Crippen LogP contribution < -0.4 is 4.74 Å². The van der Waals surface area contributed by atoms with Crippen molar-refractivity contribution in [2.75, 3.05) is 5.75 Å². The van der Waals surface area contributed by atoms with E-state index in [4.69, 9.17) is 16.3 Å². The molecule has 0 amide bonds. The summed E-state index contributed by atoms with van der Waals surface area (Å²) < 4.78 is 6.63. The number of carbonyl (C=O) groups is 1. The summed E-state index contributed by atoms with van der Waals surface area (Å²) in [5, 5.41) is 2.69. The first-order valence-corrected chi connectivity index (χ1v) is 11.1. The highest BCUT2D eigenvalue weighted by Crippen LogP contribution is 2.29. The molecule has 0 N–H and O–H groups in total. The van der Waals surface area contributed by atoms with Crippen LogP contribution in [-0.2, 0) is 0 Å². The number of ether oxygens (including phenoxy) is 1. The first-order valence-electron chi connectivity index (χ1n) is 8.88. The van der Waals surface area contributed by atoms with Crippen LogP contribution in [0, 0.1) is 0 Å². The minimum absolute atomic E-state index is 0.0597. The van der Waals surface area contributed by atoms with Gasteiger partial charge in [-0.15, -0.1) is 11.3 Å². The summed E-state index contributed by atoms with van der Waals surface area (Å²) in [6, 6.07) is 24.3. The van der Waals surface area contributed by atoms with E-state index in [2.05, 4.69) is 4.98 Å². The molecule has 4 rings (SSSR count). The van der Waals surface area contributed by atoms with Crippen LogP contribution in [-0.4, -0.2) is 16.5 Å². The first-order chi connectivity index (χ1) is 14.2. The quantitative estimate of drug-likeness (QED) is 0.226. The third-order valence-electron chi connectivity index (χ3n) is 4.11. The third kappa shape index (κ3) is 5.26. The van der Waals surface area contributed by atoms with Gasteiger partial charge in [-0.2, -0.15) is 0 Å². The van der Waals surface area contributed by atoms with Crippen LogP contribution >= 0.6 is 34.7 Å². The summed E-state index contributed by atoms with van der Waals surface area (Å²) >= 11 is 8.92. The summed E-state index contributed by atoms with van der Waals surface area (Å²) in [6.07, 6.45) is 0. The van der Waals surface area contributed by atoms with Crippen molar-refractivity contribution in [2.24, 2.45) is 0 Å². The molecule has 1 heterocycles. The molecule has 4 aromatic rings. The normalized spacial score (nSPS) is 10.7. The van der Waals surface area contributed by atoms with Gasteiger partial charge in [0.2, 0.25) is 0 Å². The van der Waals surface area contributed by atoms with Crippen LogP contribution in [0.1, 0.15) is 10.4 Å². The SMILES string of the molecule is O=C(CSc1nc(-c2ccc(Cl)cc2)cs1)c1ccc(Oc2ccccc2)cc1. The van der Waals surface area contributed by atoms with Gasteiger partial charge in [-0.1, -0.05) is 53.7 Å². The zero-order valence-corrected chi connectivity index (χ0v) is 17.6. The van der Waals surface area contributed by atoms with Gasteiger partial charge in [-0.25, -0.2) is 4.98 Å². The number of rotatable bonds is 7. The van der Waals surface area contributed by atoms with Crippen LogP contribution in [0.5, 0.6) is 11.5 Å². The molecule has 144 valence electrons. The molecule has 0 aliphatic heterocycles. The number of thioether (sulfide) groups is 1. The Bertz CT molecular complexity index is 1090. The number of hydrogen-bond donors (Lipinski definition) is 0. The Morgan fingerprint density at radius 3 is 2.34 bits per heavy atom. The van der Waals surface area contributed by atoms with E-state index in [1.165, 1.54) is 23.1 Å². The van der Waals surface area contributed by atoms with E-state index in [0.29, 0.717) is 22.1 Å². The summed E-state index contributed by atoms with van der Waals surface area (Å²) in [6.45, 7) is 0. The Balaban J connectivity index is 1.34. The molecule has 0 bridgehead atoms. The number of nitrogens with zero attached hydrogens (tertiary/aromatic N) is 1. The predicted molar refractivity (Wildman–Crippen MR) is 121 cm³/mol. The summed E-state index contributed by atoms with van der Waals surface area (Å²) in [5.41, 5.74) is 2.56. The van der Waals surface area contributed by atoms with Crippen molar-refractivity contribution in [1.29, 1.82) is 0 Å². The molecule has 0 unspecified atom stereocenters. The summed E-state index contributed by atoms with van der Waals surface area (Å²) in [4.78, 5) is 17.1. The standard InChI is InChI=1S/C23H16ClNO2S2/c24-18-10-6-16(7-11-18)21-14-28-23(25-21)29-15-22(26)17-8-12-20(13-9-17)27-19-4-2-1-3-5-19/h1-14H,15H2. The minimum Gasteiger partial charge on any atom is -0.457 e. The highest BCUT2D eigenvalue weighted by atomic mass is 35.5. The van der Waals surface area contributed by atoms with Crippen molar-refractivity contribution >= 4 is 40.5 Å². The Hall–Kier alpha value is -2.60. The molecule has 0 aliphatic rings. The van der Waals surface area contributed by atoms with E-state index in [1.807, 2.05) is 72.1 Å². The lowest BCUT2D eigenvalue weighted by Gasteiger charge is -2.06. The van der Waals surface area contributed by atoms with Gasteiger partial charge >= 0.3 is 0 Å². The number of carbonyl (C=O) groups excluding carboxylic acids is 1. The van der Waals surface area contributed by atoms with Gasteiger partial charge in [0.25, 0.3) is 0 Å². The van der Waals surface area contributed by atoms with Crippen LogP contribution in [0.15, 0.2) is 88.6 Å². The number of halogens is 1. The van der Waals surface area contributed by atoms with E-state index in [1.54, 1.807) is 12.1 Å². The van der Waals surface area contributed by atoms with Crippen LogP contribution in [0.3, 0.4) is 0 Å². The van der Waals surface area contributed by atoms with E-state index in [0.717, 1.165) is 21.3 Å². The van der Waals surface area contributed by atoms with Crippen molar-refractivity contribution in [3.05, 3.63) is 94.8 Å². The zero-order valence-electron chi connectivity index (χ0n) is 15.2. The molecular formula is C23H16ClNO2S2. The average Bonchev–Trinajstić information content (AvgIpc) is 3.23. The lowest BCUT2D eigenvalue weighted by atomic mass is 10.1. The molecule has 29 heavy (non-hydrogen) atoms. The number of thiazole rings is 1. The van der Waals surface area contributed by atoms with E-state index < -0.39 is 0 Å². The van der Waals surface area contributed by atoms with Gasteiger partial charge in [0.1, 0.15) is 11.5 Å². The topological polar surface area (TPSA) is 39.2 Å². The number of aromatic nitrogens is 1. The highest BCUT2D eigenvalue weighted by molar-refractivity contribution is 8.01. The Morgan fingerprint density at radius 1 is 0.931 bits per heavy atom. The predicted octanol–water partition coefficient (Wildman–Crippen LogP) is 7.23. The van der Waals surface area contributed by atoms with Gasteiger partial charge in [0.15, 0.2) is 10.1 Å². The molecular weight excluding hydrogens is 422 g/mol. The lowest BCUT2D eigenvalue weighted by Crippen LogP contribution is -2.02. The molecule has 0 fully saturated rings. The average molecular weight is 438 g/mol. The molecule has 0 radical (unpaired) electrons. The maximum atomic E-state index is 12.5. The fraction of sp³-hybridized carbons (Fsp3) is 0.0435. The van der Waals surface area contributed by atoms with Gasteiger partial charge in [0.05, 0.1) is 11.4 Å². The van der Waals surface area contributed by atoms with Crippen molar-refractivity contribution in [2.45, 2.75) is 4.34 Å². The number of benzene rings is 3. The van der Waals surface area contributed by atoms with E-state index in [-0.39, 0.29) is 5.78 Å². The molecule has 0 aliphatic carbocycles. The van der Waals surface area contributed by atoms with E-state index >= 15 is 0 Å². The molecule has 1 aromatic heterocycles. The maximum absolute atomic E-state index is 12.5. The Morgan fingerprint density at radius 2 is 1.62 bits per heavy atom. The molecule has 0 atom stereocenters. The minimum atomic E-state index is 0.0597. The monoisotopic (exact) mass is 437 g/mol. The molecule has 0 saturated carbocycles. The third-order valence-corrected chi connectivity index (χ3v) is 6.38. The number of ketones is 1. The molecule has 0 spiro atoms.